The van der Waals surface area contributed by atoms with Crippen LogP contribution >= 0.6 is 27.3 Å². The molecule has 0 spiro atoms. The molecule has 0 aromatic carbocycles. The van der Waals surface area contributed by atoms with E-state index in [9.17, 15) is 4.79 Å². The van der Waals surface area contributed by atoms with Crippen LogP contribution in [0.15, 0.2) is 28.3 Å². The van der Waals surface area contributed by atoms with Gasteiger partial charge in [0.25, 0.3) is 5.91 Å². The summed E-state index contributed by atoms with van der Waals surface area (Å²) < 4.78 is 0.686. The summed E-state index contributed by atoms with van der Waals surface area (Å²) in [5.74, 6) is 0.345. The number of anilines is 1. The summed E-state index contributed by atoms with van der Waals surface area (Å²) in [7, 11) is 0. The number of amides is 1. The Hall–Kier alpha value is -1.27. The van der Waals surface area contributed by atoms with Crippen LogP contribution in [0.1, 0.15) is 15.4 Å². The van der Waals surface area contributed by atoms with E-state index in [2.05, 4.69) is 31.2 Å². The lowest BCUT2D eigenvalue weighted by molar-refractivity contribution is 0.102. The third-order valence-corrected chi connectivity index (χ3v) is 3.28. The molecule has 1 N–H and O–H groups in total. The average molecular weight is 298 g/mol. The number of carbonyl (C=O) groups excluding carboxylic acids is 1. The first-order valence-electron chi connectivity index (χ1n) is 4.51. The topological polar surface area (TPSA) is 54.9 Å². The number of hydrogen-bond donors (Lipinski definition) is 1. The summed E-state index contributed by atoms with van der Waals surface area (Å²) in [4.78, 5) is 20.6. The first-order valence-corrected chi connectivity index (χ1v) is 6.18. The highest BCUT2D eigenvalue weighted by molar-refractivity contribution is 9.10. The second-order valence-electron chi connectivity index (χ2n) is 3.07. The molecule has 0 radical (unpaired) electrons. The van der Waals surface area contributed by atoms with E-state index in [-0.39, 0.29) is 5.91 Å². The molecule has 2 heterocycles. The fraction of sp³-hybridized carbons (Fsp3) is 0.100. The fourth-order valence-corrected chi connectivity index (χ4v) is 2.21. The zero-order valence-corrected chi connectivity index (χ0v) is 10.8. The van der Waals surface area contributed by atoms with Gasteiger partial charge in [-0.2, -0.15) is 0 Å². The quantitative estimate of drug-likeness (QED) is 0.867. The Balaban J connectivity index is 2.17. The van der Waals surface area contributed by atoms with Crippen LogP contribution in [-0.2, 0) is 0 Å². The highest BCUT2D eigenvalue weighted by Gasteiger charge is 2.12. The van der Waals surface area contributed by atoms with Crippen LogP contribution < -0.4 is 5.32 Å². The Morgan fingerprint density at radius 1 is 1.50 bits per heavy atom. The van der Waals surface area contributed by atoms with Crippen LogP contribution in [-0.4, -0.2) is 15.9 Å². The maximum atomic E-state index is 11.8. The lowest BCUT2D eigenvalue weighted by Crippen LogP contribution is -2.12. The number of aryl methyl sites for hydroxylation is 1. The van der Waals surface area contributed by atoms with E-state index < -0.39 is 0 Å². The van der Waals surface area contributed by atoms with Gasteiger partial charge in [0, 0.05) is 0 Å². The zero-order chi connectivity index (χ0) is 11.5. The number of thiazole rings is 1. The van der Waals surface area contributed by atoms with E-state index in [4.69, 9.17) is 0 Å². The van der Waals surface area contributed by atoms with Gasteiger partial charge in [-0.25, -0.2) is 9.97 Å². The van der Waals surface area contributed by atoms with E-state index in [1.165, 1.54) is 11.3 Å². The third-order valence-electron chi connectivity index (χ3n) is 1.91. The van der Waals surface area contributed by atoms with Crippen molar-refractivity contribution in [2.45, 2.75) is 6.92 Å². The lowest BCUT2D eigenvalue weighted by atomic mass is 10.3. The summed E-state index contributed by atoms with van der Waals surface area (Å²) in [6.07, 6.45) is 0. The lowest BCUT2D eigenvalue weighted by Gasteiger charge is -2.02. The molecule has 2 aromatic heterocycles. The largest absolute Gasteiger partial charge is 0.306 e. The molecule has 2 aromatic rings. The second-order valence-corrected chi connectivity index (χ2v) is 4.73. The summed E-state index contributed by atoms with van der Waals surface area (Å²) in [6, 6.07) is 5.35. The number of halogens is 1. The fourth-order valence-electron chi connectivity index (χ4n) is 1.17. The normalized spacial score (nSPS) is 10.1. The van der Waals surface area contributed by atoms with Crippen molar-refractivity contribution in [3.63, 3.8) is 0 Å². The molecule has 0 saturated heterocycles. The molecule has 2 rings (SSSR count). The molecule has 16 heavy (non-hydrogen) atoms. The van der Waals surface area contributed by atoms with Gasteiger partial charge in [-0.15, -0.1) is 11.3 Å². The molecular weight excluding hydrogens is 290 g/mol. The number of pyridine rings is 1. The van der Waals surface area contributed by atoms with E-state index in [1.807, 2.05) is 6.07 Å². The van der Waals surface area contributed by atoms with Crippen molar-refractivity contribution in [3.05, 3.63) is 38.9 Å². The van der Waals surface area contributed by atoms with Crippen LogP contribution in [0.2, 0.25) is 0 Å². The third kappa shape index (κ3) is 2.45. The number of hydrogen-bond acceptors (Lipinski definition) is 4. The molecule has 82 valence electrons. The molecule has 1 amide bonds. The van der Waals surface area contributed by atoms with Crippen molar-refractivity contribution in [2.75, 3.05) is 5.32 Å². The van der Waals surface area contributed by atoms with Gasteiger partial charge < -0.3 is 5.32 Å². The van der Waals surface area contributed by atoms with Crippen LogP contribution in [0.25, 0.3) is 0 Å². The number of carbonyl (C=O) groups is 1. The van der Waals surface area contributed by atoms with Crippen molar-refractivity contribution in [1.82, 2.24) is 9.97 Å². The predicted octanol–water partition coefficient (Wildman–Crippen LogP) is 2.86. The summed E-state index contributed by atoms with van der Waals surface area (Å²) in [6.45, 7) is 1.81. The minimum absolute atomic E-state index is 0.175. The molecular formula is C10H8BrN3OS. The van der Waals surface area contributed by atoms with Gasteiger partial charge in [-0.1, -0.05) is 6.07 Å². The van der Waals surface area contributed by atoms with Crippen molar-refractivity contribution in [3.8, 4) is 0 Å². The number of rotatable bonds is 2. The average Bonchev–Trinajstić information content (AvgIpc) is 2.64. The minimum atomic E-state index is -0.175. The Kier molecular flexibility index (Phi) is 3.31. The van der Waals surface area contributed by atoms with E-state index in [0.717, 1.165) is 5.69 Å². The van der Waals surface area contributed by atoms with Gasteiger partial charge in [-0.3, -0.25) is 4.79 Å². The zero-order valence-electron chi connectivity index (χ0n) is 8.40. The van der Waals surface area contributed by atoms with Crippen LogP contribution in [0.4, 0.5) is 5.82 Å². The molecule has 0 saturated carbocycles. The summed E-state index contributed by atoms with van der Waals surface area (Å²) in [5.41, 5.74) is 2.39. The van der Waals surface area contributed by atoms with Crippen molar-refractivity contribution >= 4 is 39.0 Å². The first kappa shape index (κ1) is 11.2. The van der Waals surface area contributed by atoms with Gasteiger partial charge in [0.1, 0.15) is 15.3 Å². The molecule has 6 heteroatoms. The number of nitrogens with one attached hydrogen (secondary N) is 1. The highest BCUT2D eigenvalue weighted by Crippen LogP contribution is 2.15. The highest BCUT2D eigenvalue weighted by atomic mass is 79.9. The van der Waals surface area contributed by atoms with E-state index >= 15 is 0 Å². The van der Waals surface area contributed by atoms with Crippen LogP contribution in [0.3, 0.4) is 0 Å². The first-order chi connectivity index (χ1) is 7.66. The SMILES string of the molecule is Cc1ncsc1C(=O)Nc1cccc(Br)n1. The van der Waals surface area contributed by atoms with Gasteiger partial charge in [-0.05, 0) is 35.0 Å². The Labute approximate surface area is 105 Å². The predicted molar refractivity (Wildman–Crippen MR) is 66.7 cm³/mol. The van der Waals surface area contributed by atoms with Gasteiger partial charge in [0.2, 0.25) is 0 Å². The molecule has 0 fully saturated rings. The maximum absolute atomic E-state index is 11.8. The Bertz CT molecular complexity index is 526. The van der Waals surface area contributed by atoms with Crippen molar-refractivity contribution in [2.24, 2.45) is 0 Å². The van der Waals surface area contributed by atoms with E-state index in [0.29, 0.717) is 15.3 Å². The standard InChI is InChI=1S/C10H8BrN3OS/c1-6-9(16-5-12-6)10(15)14-8-4-2-3-7(11)13-8/h2-5H,1H3,(H,13,14,15). The summed E-state index contributed by atoms with van der Waals surface area (Å²) >= 11 is 4.56. The molecule has 0 atom stereocenters. The van der Waals surface area contributed by atoms with E-state index in [1.54, 1.807) is 24.6 Å². The van der Waals surface area contributed by atoms with Crippen LogP contribution in [0, 0.1) is 6.92 Å². The summed E-state index contributed by atoms with van der Waals surface area (Å²) in [5, 5.41) is 2.72. The Morgan fingerprint density at radius 3 is 2.94 bits per heavy atom. The molecule has 4 nitrogen and oxygen atoms in total. The molecule has 0 bridgehead atoms. The molecule has 0 aliphatic heterocycles. The molecule has 0 aliphatic carbocycles. The number of nitrogens with zero attached hydrogens (tertiary/aromatic N) is 2. The second kappa shape index (κ2) is 4.71. The van der Waals surface area contributed by atoms with Gasteiger partial charge in [0.05, 0.1) is 11.2 Å². The minimum Gasteiger partial charge on any atom is -0.306 e. The Morgan fingerprint density at radius 2 is 2.31 bits per heavy atom. The van der Waals surface area contributed by atoms with Crippen molar-refractivity contribution < 1.29 is 4.79 Å². The monoisotopic (exact) mass is 297 g/mol. The van der Waals surface area contributed by atoms with Crippen molar-refractivity contribution in [1.29, 1.82) is 0 Å². The number of aromatic nitrogens is 2. The molecule has 0 aliphatic rings. The smallest absolute Gasteiger partial charge is 0.268 e. The molecule has 0 unspecified atom stereocenters. The maximum Gasteiger partial charge on any atom is 0.268 e. The van der Waals surface area contributed by atoms with Crippen LogP contribution in [0.5, 0.6) is 0 Å². The van der Waals surface area contributed by atoms with Gasteiger partial charge >= 0.3 is 0 Å². The van der Waals surface area contributed by atoms with Gasteiger partial charge in [0.15, 0.2) is 0 Å².